The van der Waals surface area contributed by atoms with Crippen LogP contribution in [0, 0.1) is 13.8 Å². The zero-order chi connectivity index (χ0) is 25.1. The minimum absolute atomic E-state index is 0.184. The van der Waals surface area contributed by atoms with Crippen molar-refractivity contribution in [2.75, 3.05) is 13.7 Å². The first kappa shape index (κ1) is 23.6. The Morgan fingerprint density at radius 3 is 2.37 bits per heavy atom. The minimum atomic E-state index is -0.629. The summed E-state index contributed by atoms with van der Waals surface area (Å²) in [5, 5.41) is 7.32. The van der Waals surface area contributed by atoms with Gasteiger partial charge in [0.1, 0.15) is 0 Å². The molecule has 0 unspecified atom stereocenters. The minimum Gasteiger partial charge on any atom is -0.465 e. The van der Waals surface area contributed by atoms with Crippen molar-refractivity contribution in [1.82, 2.24) is 14.8 Å². The number of hydrogen-bond acceptors (Lipinski definition) is 7. The highest BCUT2D eigenvalue weighted by atomic mass is 16.5. The summed E-state index contributed by atoms with van der Waals surface area (Å²) in [6, 6.07) is 15.4. The van der Waals surface area contributed by atoms with Crippen LogP contribution in [0.25, 0.3) is 16.5 Å². The Morgan fingerprint density at radius 1 is 1.00 bits per heavy atom. The molecule has 0 saturated carbocycles. The van der Waals surface area contributed by atoms with E-state index in [9.17, 15) is 19.2 Å². The summed E-state index contributed by atoms with van der Waals surface area (Å²) in [7, 11) is 1.32. The van der Waals surface area contributed by atoms with Crippen LogP contribution in [0.1, 0.15) is 37.8 Å². The van der Waals surface area contributed by atoms with Crippen LogP contribution >= 0.6 is 0 Å². The zero-order valence-corrected chi connectivity index (χ0v) is 19.5. The molecule has 0 amide bonds. The fraction of sp³-hybridized carbons (Fsp3) is 0.192. The summed E-state index contributed by atoms with van der Waals surface area (Å²) in [6.45, 7) is 3.23. The number of carbonyl (C=O) groups excluding carboxylic acids is 3. The van der Waals surface area contributed by atoms with E-state index in [1.54, 1.807) is 61.5 Å². The van der Waals surface area contributed by atoms with Gasteiger partial charge in [-0.05, 0) is 50.2 Å². The van der Waals surface area contributed by atoms with E-state index in [4.69, 9.17) is 9.47 Å². The van der Waals surface area contributed by atoms with Crippen molar-refractivity contribution < 1.29 is 23.9 Å². The van der Waals surface area contributed by atoms with Gasteiger partial charge in [0, 0.05) is 28.0 Å². The SMILES string of the molecule is COC(=O)c1ccc(-n2c(C)cc(C(=O)COC(=O)Cc3n[nH]c(=O)c4ccccc34)c2C)cc1. The molecule has 0 spiro atoms. The van der Waals surface area contributed by atoms with Crippen molar-refractivity contribution in [1.29, 1.82) is 0 Å². The van der Waals surface area contributed by atoms with E-state index in [2.05, 4.69) is 10.2 Å². The molecule has 4 rings (SSSR count). The van der Waals surface area contributed by atoms with Crippen molar-refractivity contribution in [3.63, 3.8) is 0 Å². The summed E-state index contributed by atoms with van der Waals surface area (Å²) < 4.78 is 11.8. The van der Waals surface area contributed by atoms with Gasteiger partial charge in [-0.1, -0.05) is 18.2 Å². The number of H-pyrrole nitrogens is 1. The van der Waals surface area contributed by atoms with Gasteiger partial charge < -0.3 is 14.0 Å². The number of methoxy groups -OCH3 is 1. The largest absolute Gasteiger partial charge is 0.465 e. The predicted octanol–water partition coefficient (Wildman–Crippen LogP) is 3.09. The maximum atomic E-state index is 12.8. The molecule has 35 heavy (non-hydrogen) atoms. The summed E-state index contributed by atoms with van der Waals surface area (Å²) in [5.41, 5.74) is 3.15. The highest BCUT2D eigenvalue weighted by Crippen LogP contribution is 2.22. The van der Waals surface area contributed by atoms with Crippen molar-refractivity contribution in [2.24, 2.45) is 0 Å². The number of rotatable bonds is 7. The predicted molar refractivity (Wildman–Crippen MR) is 128 cm³/mol. The van der Waals surface area contributed by atoms with Crippen LogP contribution in [0.5, 0.6) is 0 Å². The van der Waals surface area contributed by atoms with Gasteiger partial charge in [-0.3, -0.25) is 14.4 Å². The lowest BCUT2D eigenvalue weighted by Gasteiger charge is -2.11. The van der Waals surface area contributed by atoms with Crippen molar-refractivity contribution >= 4 is 28.5 Å². The Labute approximate surface area is 200 Å². The Bertz CT molecular complexity index is 1500. The van der Waals surface area contributed by atoms with E-state index in [1.165, 1.54) is 7.11 Å². The lowest BCUT2D eigenvalue weighted by atomic mass is 10.1. The fourth-order valence-corrected chi connectivity index (χ4v) is 4.02. The normalized spacial score (nSPS) is 10.8. The number of carbonyl (C=O) groups is 3. The van der Waals surface area contributed by atoms with Gasteiger partial charge in [-0.25, -0.2) is 9.89 Å². The molecule has 0 aliphatic heterocycles. The van der Waals surface area contributed by atoms with Gasteiger partial charge in [0.2, 0.25) is 5.78 Å². The molecule has 0 radical (unpaired) electrons. The maximum absolute atomic E-state index is 12.8. The molecule has 0 bridgehead atoms. The number of nitrogens with one attached hydrogen (secondary N) is 1. The summed E-state index contributed by atoms with van der Waals surface area (Å²) in [5.74, 6) is -1.40. The number of benzene rings is 2. The molecule has 9 heteroatoms. The summed E-state index contributed by atoms with van der Waals surface area (Å²) in [4.78, 5) is 48.8. The molecule has 0 saturated heterocycles. The Hall–Kier alpha value is -4.53. The van der Waals surface area contributed by atoms with Gasteiger partial charge in [0.05, 0.1) is 30.2 Å². The monoisotopic (exact) mass is 473 g/mol. The third-order valence-corrected chi connectivity index (χ3v) is 5.73. The van der Waals surface area contributed by atoms with Crippen LogP contribution in [-0.2, 0) is 20.7 Å². The quantitative estimate of drug-likeness (QED) is 0.323. The van der Waals surface area contributed by atoms with Crippen LogP contribution in [0.3, 0.4) is 0 Å². The van der Waals surface area contributed by atoms with Crippen LogP contribution in [0.4, 0.5) is 0 Å². The molecule has 1 N–H and O–H groups in total. The molecule has 2 heterocycles. The second-order valence-corrected chi connectivity index (χ2v) is 7.96. The molecule has 0 aliphatic carbocycles. The average Bonchev–Trinajstić information content (AvgIpc) is 3.17. The lowest BCUT2D eigenvalue weighted by Crippen LogP contribution is -2.18. The number of esters is 2. The number of ketones is 1. The van der Waals surface area contributed by atoms with Gasteiger partial charge in [0.15, 0.2) is 6.61 Å². The Morgan fingerprint density at radius 2 is 1.69 bits per heavy atom. The van der Waals surface area contributed by atoms with E-state index in [0.717, 1.165) is 11.4 Å². The zero-order valence-electron chi connectivity index (χ0n) is 19.5. The number of aryl methyl sites for hydroxylation is 1. The molecule has 0 aliphatic rings. The van der Waals surface area contributed by atoms with E-state index < -0.39 is 18.5 Å². The molecule has 2 aromatic heterocycles. The maximum Gasteiger partial charge on any atom is 0.337 e. The number of aromatic nitrogens is 3. The van der Waals surface area contributed by atoms with Crippen molar-refractivity contribution in [3.8, 4) is 5.69 Å². The fourth-order valence-electron chi connectivity index (χ4n) is 4.02. The number of hydrogen-bond donors (Lipinski definition) is 1. The topological polar surface area (TPSA) is 120 Å². The number of Topliss-reactive ketones (excluding diaryl/α,β-unsaturated/α-hetero) is 1. The smallest absolute Gasteiger partial charge is 0.337 e. The van der Waals surface area contributed by atoms with Gasteiger partial charge in [0.25, 0.3) is 5.56 Å². The third kappa shape index (κ3) is 4.74. The second-order valence-electron chi connectivity index (χ2n) is 7.96. The molecule has 9 nitrogen and oxygen atoms in total. The first-order valence-corrected chi connectivity index (χ1v) is 10.8. The molecular weight excluding hydrogens is 450 g/mol. The first-order chi connectivity index (χ1) is 16.8. The summed E-state index contributed by atoms with van der Waals surface area (Å²) in [6.07, 6.45) is -0.184. The average molecular weight is 473 g/mol. The first-order valence-electron chi connectivity index (χ1n) is 10.8. The molecule has 178 valence electrons. The van der Waals surface area contributed by atoms with E-state index in [-0.39, 0.29) is 17.8 Å². The number of ether oxygens (including phenoxy) is 2. The van der Waals surface area contributed by atoms with Gasteiger partial charge in [-0.15, -0.1) is 0 Å². The van der Waals surface area contributed by atoms with Crippen LogP contribution < -0.4 is 5.56 Å². The van der Waals surface area contributed by atoms with Crippen LogP contribution in [0.2, 0.25) is 0 Å². The highest BCUT2D eigenvalue weighted by Gasteiger charge is 2.19. The number of nitrogens with zero attached hydrogens (tertiary/aromatic N) is 2. The van der Waals surface area contributed by atoms with Gasteiger partial charge in [-0.2, -0.15) is 5.10 Å². The molecule has 0 fully saturated rings. The molecule has 0 atom stereocenters. The summed E-state index contributed by atoms with van der Waals surface area (Å²) >= 11 is 0. The standard InChI is InChI=1S/C26H23N3O6/c1-15-12-21(16(2)29(15)18-10-8-17(9-11-18)26(33)34-3)23(30)14-35-24(31)13-22-19-6-4-5-7-20(19)25(32)28-27-22/h4-12H,13-14H2,1-3H3,(H,28,32). The van der Waals surface area contributed by atoms with Crippen LogP contribution in [0.15, 0.2) is 59.4 Å². The second kappa shape index (κ2) is 9.76. The van der Waals surface area contributed by atoms with Gasteiger partial charge >= 0.3 is 11.9 Å². The molecule has 4 aromatic rings. The Kier molecular flexibility index (Phi) is 6.59. The highest BCUT2D eigenvalue weighted by molar-refractivity contribution is 5.99. The van der Waals surface area contributed by atoms with E-state index in [0.29, 0.717) is 33.3 Å². The molecular formula is C26H23N3O6. The van der Waals surface area contributed by atoms with Crippen molar-refractivity contribution in [2.45, 2.75) is 20.3 Å². The number of aromatic amines is 1. The van der Waals surface area contributed by atoms with E-state index in [1.807, 2.05) is 11.5 Å². The lowest BCUT2D eigenvalue weighted by molar-refractivity contribution is -0.141. The Balaban J connectivity index is 1.46. The third-order valence-electron chi connectivity index (χ3n) is 5.73. The van der Waals surface area contributed by atoms with Crippen LogP contribution in [-0.4, -0.2) is 46.2 Å². The van der Waals surface area contributed by atoms with Crippen molar-refractivity contribution in [3.05, 3.63) is 93.2 Å². The molecule has 2 aromatic carbocycles. The van der Waals surface area contributed by atoms with E-state index >= 15 is 0 Å². The number of fused-ring (bicyclic) bond motifs is 1.